The van der Waals surface area contributed by atoms with Crippen molar-refractivity contribution < 1.29 is 22.4 Å². The third-order valence-electron chi connectivity index (χ3n) is 4.84. The maximum Gasteiger partial charge on any atom is 0.419 e. The minimum atomic E-state index is -4.07. The third kappa shape index (κ3) is 5.20. The Balaban J connectivity index is 1.87. The molecule has 0 fully saturated rings. The van der Waals surface area contributed by atoms with E-state index in [1.54, 1.807) is 24.3 Å². The predicted molar refractivity (Wildman–Crippen MR) is 121 cm³/mol. The number of amides is 1. The van der Waals surface area contributed by atoms with Crippen LogP contribution in [0.3, 0.4) is 0 Å². The number of aromatic nitrogens is 1. The lowest BCUT2D eigenvalue weighted by Gasteiger charge is -2.21. The van der Waals surface area contributed by atoms with Crippen molar-refractivity contribution >= 4 is 32.7 Å². The van der Waals surface area contributed by atoms with Crippen LogP contribution in [0.5, 0.6) is 5.75 Å². The molecule has 1 amide bonds. The molecule has 1 atom stereocenters. The van der Waals surface area contributed by atoms with E-state index in [0.29, 0.717) is 23.6 Å². The van der Waals surface area contributed by atoms with Crippen LogP contribution in [-0.4, -0.2) is 31.5 Å². The second kappa shape index (κ2) is 9.58. The molecule has 32 heavy (non-hydrogen) atoms. The van der Waals surface area contributed by atoms with E-state index in [2.05, 4.69) is 10.0 Å². The normalized spacial score (nSPS) is 12.8. The molecule has 1 aromatic heterocycles. The number of benzene rings is 2. The number of carbonyl (C=O) groups excluding carboxylic acids is 1. The average Bonchev–Trinajstić information content (AvgIpc) is 3.02. The lowest BCUT2D eigenvalue weighted by atomic mass is 10.0. The van der Waals surface area contributed by atoms with Crippen molar-refractivity contribution in [2.24, 2.45) is 13.0 Å². The van der Waals surface area contributed by atoms with Gasteiger partial charge in [-0.3, -0.25) is 9.36 Å². The molecule has 3 rings (SSSR count). The van der Waals surface area contributed by atoms with Crippen LogP contribution in [0.1, 0.15) is 27.2 Å². The quantitative estimate of drug-likeness (QED) is 0.506. The van der Waals surface area contributed by atoms with Gasteiger partial charge in [0.25, 0.3) is 0 Å². The molecule has 2 N–H and O–H groups in total. The Hall–Kier alpha value is -3.11. The lowest BCUT2D eigenvalue weighted by Crippen LogP contribution is -2.44. The molecule has 0 aliphatic carbocycles. The summed E-state index contributed by atoms with van der Waals surface area (Å²) in [5.41, 5.74) is 1.08. The van der Waals surface area contributed by atoms with Crippen LogP contribution < -0.4 is 20.5 Å². The summed E-state index contributed by atoms with van der Waals surface area (Å²) >= 11 is 0. The van der Waals surface area contributed by atoms with E-state index in [1.165, 1.54) is 29.8 Å². The zero-order chi connectivity index (χ0) is 23.5. The predicted octanol–water partition coefficient (Wildman–Crippen LogP) is 2.86. The highest BCUT2D eigenvalue weighted by Gasteiger charge is 2.28. The molecule has 0 unspecified atom stereocenters. The van der Waals surface area contributed by atoms with Crippen LogP contribution >= 0.6 is 0 Å². The summed E-state index contributed by atoms with van der Waals surface area (Å²) in [4.78, 5) is 24.6. The fourth-order valence-corrected chi connectivity index (χ4v) is 4.51. The van der Waals surface area contributed by atoms with E-state index < -0.39 is 27.7 Å². The number of ether oxygens (including phenoxy) is 1. The highest BCUT2D eigenvalue weighted by atomic mass is 32.2. The van der Waals surface area contributed by atoms with Gasteiger partial charge < -0.3 is 14.5 Å². The van der Waals surface area contributed by atoms with E-state index in [-0.39, 0.29) is 22.8 Å². The fraction of sp³-hybridized carbons (Fsp3) is 0.364. The second-order valence-corrected chi connectivity index (χ2v) is 9.49. The Kier molecular flexibility index (Phi) is 7.05. The van der Waals surface area contributed by atoms with Gasteiger partial charge in [0, 0.05) is 13.1 Å². The molecule has 0 saturated carbocycles. The van der Waals surface area contributed by atoms with Crippen LogP contribution in [-0.2, 0) is 21.9 Å². The van der Waals surface area contributed by atoms with Crippen molar-refractivity contribution in [1.29, 1.82) is 0 Å². The number of nitrogens with zero attached hydrogens (tertiary/aromatic N) is 1. The van der Waals surface area contributed by atoms with Gasteiger partial charge >= 0.3 is 5.76 Å². The van der Waals surface area contributed by atoms with Crippen molar-refractivity contribution in [3.63, 3.8) is 0 Å². The number of sulfonamides is 1. The number of nitrogens with one attached hydrogen (secondary N) is 2. The van der Waals surface area contributed by atoms with Gasteiger partial charge in [-0.25, -0.2) is 13.2 Å². The maximum atomic E-state index is 13.0. The first-order chi connectivity index (χ1) is 15.1. The number of aryl methyl sites for hydroxylation is 1. The summed E-state index contributed by atoms with van der Waals surface area (Å²) < 4.78 is 40.5. The molecule has 0 aliphatic heterocycles. The number of fused-ring (bicyclic) bond motifs is 1. The van der Waals surface area contributed by atoms with Gasteiger partial charge in [0.15, 0.2) is 5.58 Å². The van der Waals surface area contributed by atoms with Crippen molar-refractivity contribution in [2.75, 3.05) is 11.9 Å². The minimum absolute atomic E-state index is 0.0465. The zero-order valence-electron chi connectivity index (χ0n) is 18.4. The van der Waals surface area contributed by atoms with Crippen molar-refractivity contribution in [3.8, 4) is 5.75 Å². The summed E-state index contributed by atoms with van der Waals surface area (Å²) in [6.45, 7) is 6.05. The number of oxazole rings is 1. The second-order valence-electron chi connectivity index (χ2n) is 7.78. The van der Waals surface area contributed by atoms with E-state index in [9.17, 15) is 18.0 Å². The highest BCUT2D eigenvalue weighted by Crippen LogP contribution is 2.25. The van der Waals surface area contributed by atoms with Gasteiger partial charge in [0.2, 0.25) is 15.9 Å². The number of carbonyl (C=O) groups is 1. The highest BCUT2D eigenvalue weighted by molar-refractivity contribution is 7.89. The SMILES string of the molecule is CCOc1ccccc1NC(=O)[C@H](CC(C)C)NS(=O)(=O)c1ccc2c(c1)oc(=O)n2C. The third-order valence-corrected chi connectivity index (χ3v) is 6.31. The first-order valence-corrected chi connectivity index (χ1v) is 11.7. The number of rotatable bonds is 9. The molecule has 0 radical (unpaired) electrons. The Morgan fingerprint density at radius 1 is 1.19 bits per heavy atom. The molecule has 10 heteroatoms. The summed E-state index contributed by atoms with van der Waals surface area (Å²) in [6.07, 6.45) is 0.282. The lowest BCUT2D eigenvalue weighted by molar-refractivity contribution is -0.118. The van der Waals surface area contributed by atoms with Crippen molar-refractivity contribution in [1.82, 2.24) is 9.29 Å². The maximum absolute atomic E-state index is 13.0. The largest absolute Gasteiger partial charge is 0.492 e. The van der Waals surface area contributed by atoms with Gasteiger partial charge in [0.05, 0.1) is 22.7 Å². The van der Waals surface area contributed by atoms with Gasteiger partial charge in [-0.2, -0.15) is 4.72 Å². The minimum Gasteiger partial charge on any atom is -0.492 e. The van der Waals surface area contributed by atoms with E-state index >= 15 is 0 Å². The zero-order valence-corrected chi connectivity index (χ0v) is 19.2. The van der Waals surface area contributed by atoms with Crippen molar-refractivity contribution in [3.05, 3.63) is 53.0 Å². The summed E-state index contributed by atoms with van der Waals surface area (Å²) in [5.74, 6) is -0.543. The molecular weight excluding hydrogens is 434 g/mol. The average molecular weight is 462 g/mol. The standard InChI is InChI=1S/C22H27N3O6S/c1-5-30-19-9-7-6-8-16(19)23-21(26)17(12-14(2)3)24-32(28,29)15-10-11-18-20(13-15)31-22(27)25(18)4/h6-11,13-14,17,24H,5,12H2,1-4H3,(H,23,26)/t17-/m0/s1. The molecule has 172 valence electrons. The smallest absolute Gasteiger partial charge is 0.419 e. The Labute approximate surface area is 186 Å². The summed E-state index contributed by atoms with van der Waals surface area (Å²) in [5, 5.41) is 2.76. The number of hydrogen-bond donors (Lipinski definition) is 2. The molecule has 0 saturated heterocycles. The topological polar surface area (TPSA) is 120 Å². The molecule has 0 spiro atoms. The first-order valence-electron chi connectivity index (χ1n) is 10.3. The van der Waals surface area contributed by atoms with Crippen LogP contribution in [0.15, 0.2) is 56.6 Å². The summed E-state index contributed by atoms with van der Waals surface area (Å²) in [7, 11) is -2.54. The molecule has 3 aromatic rings. The van der Waals surface area contributed by atoms with Crippen LogP contribution in [0.25, 0.3) is 11.1 Å². The Bertz CT molecular complexity index is 1280. The Morgan fingerprint density at radius 2 is 1.91 bits per heavy atom. The van der Waals surface area contributed by atoms with Crippen LogP contribution in [0.2, 0.25) is 0 Å². The molecule has 2 aromatic carbocycles. The molecule has 0 aliphatic rings. The molecule has 1 heterocycles. The summed E-state index contributed by atoms with van der Waals surface area (Å²) in [6, 6.07) is 10.1. The van der Waals surface area contributed by atoms with Gasteiger partial charge in [-0.15, -0.1) is 0 Å². The monoisotopic (exact) mass is 461 g/mol. The van der Waals surface area contributed by atoms with Crippen molar-refractivity contribution in [2.45, 2.75) is 38.1 Å². The first kappa shape index (κ1) is 23.6. The fourth-order valence-electron chi connectivity index (χ4n) is 3.29. The van der Waals surface area contributed by atoms with Crippen LogP contribution in [0, 0.1) is 5.92 Å². The molecule has 0 bridgehead atoms. The van der Waals surface area contributed by atoms with E-state index in [1.807, 2.05) is 20.8 Å². The van der Waals surface area contributed by atoms with Gasteiger partial charge in [-0.05, 0) is 43.5 Å². The van der Waals surface area contributed by atoms with Gasteiger partial charge in [0.1, 0.15) is 11.8 Å². The van der Waals surface area contributed by atoms with E-state index in [0.717, 1.165) is 0 Å². The number of hydrogen-bond acceptors (Lipinski definition) is 6. The van der Waals surface area contributed by atoms with Gasteiger partial charge in [-0.1, -0.05) is 26.0 Å². The van der Waals surface area contributed by atoms with Crippen LogP contribution in [0.4, 0.5) is 5.69 Å². The number of anilines is 1. The number of para-hydroxylation sites is 2. The molecule has 9 nitrogen and oxygen atoms in total. The Morgan fingerprint density at radius 3 is 2.59 bits per heavy atom. The van der Waals surface area contributed by atoms with E-state index in [4.69, 9.17) is 9.15 Å². The molecular formula is C22H27N3O6S.